The molecule has 0 spiro atoms. The summed E-state index contributed by atoms with van der Waals surface area (Å²) in [6, 6.07) is 13.0. The van der Waals surface area contributed by atoms with Crippen molar-refractivity contribution in [3.05, 3.63) is 71.3 Å². The summed E-state index contributed by atoms with van der Waals surface area (Å²) in [5.74, 6) is -0.392. The smallest absolute Gasteiger partial charge is 0.330 e. The molecule has 24 heavy (non-hydrogen) atoms. The molecule has 126 valence electrons. The van der Waals surface area contributed by atoms with Crippen LogP contribution in [0.2, 0.25) is 0 Å². The third-order valence-corrected chi connectivity index (χ3v) is 4.18. The van der Waals surface area contributed by atoms with Gasteiger partial charge in [0.1, 0.15) is 6.61 Å². The van der Waals surface area contributed by atoms with Gasteiger partial charge in [0.05, 0.1) is 0 Å². The first-order valence-electron chi connectivity index (χ1n) is 8.59. The highest BCUT2D eigenvalue weighted by Crippen LogP contribution is 2.30. The average Bonchev–Trinajstić information content (AvgIpc) is 2.60. The highest BCUT2D eigenvalue weighted by Gasteiger charge is 2.11. The van der Waals surface area contributed by atoms with Gasteiger partial charge < -0.3 is 4.74 Å². The summed E-state index contributed by atoms with van der Waals surface area (Å²) in [5.41, 5.74) is 7.26. The van der Waals surface area contributed by atoms with Crippen LogP contribution >= 0.6 is 0 Å². The predicted molar refractivity (Wildman–Crippen MR) is 100.0 cm³/mol. The molecule has 0 aliphatic heterocycles. The van der Waals surface area contributed by atoms with Crippen molar-refractivity contribution in [2.75, 3.05) is 0 Å². The van der Waals surface area contributed by atoms with Gasteiger partial charge in [0.2, 0.25) is 0 Å². The summed E-state index contributed by atoms with van der Waals surface area (Å²) < 4.78 is 5.27. The number of carbonyl (C=O) groups excluding carboxylic acids is 1. The normalized spacial score (nSPS) is 10.5. The second-order valence-electron chi connectivity index (χ2n) is 6.07. The monoisotopic (exact) mass is 322 g/mol. The number of carbonyl (C=O) groups is 1. The molecule has 0 atom stereocenters. The molecule has 0 amide bonds. The summed E-state index contributed by atoms with van der Waals surface area (Å²) in [6.07, 6.45) is 4.43. The Labute approximate surface area is 145 Å². The summed E-state index contributed by atoms with van der Waals surface area (Å²) in [7, 11) is 0. The topological polar surface area (TPSA) is 26.3 Å². The van der Waals surface area contributed by atoms with E-state index in [1.165, 1.54) is 22.8 Å². The van der Waals surface area contributed by atoms with Crippen molar-refractivity contribution < 1.29 is 9.53 Å². The Bertz CT molecular complexity index is 729. The van der Waals surface area contributed by atoms with Crippen LogP contribution in [0.5, 0.6) is 0 Å². The zero-order valence-corrected chi connectivity index (χ0v) is 14.9. The molecule has 0 heterocycles. The van der Waals surface area contributed by atoms with Crippen molar-refractivity contribution in [3.8, 4) is 11.1 Å². The van der Waals surface area contributed by atoms with E-state index in [2.05, 4.69) is 56.8 Å². The van der Waals surface area contributed by atoms with Crippen molar-refractivity contribution in [2.24, 2.45) is 0 Å². The molecule has 2 aromatic rings. The molecule has 0 saturated carbocycles. The van der Waals surface area contributed by atoms with Crippen molar-refractivity contribution in [3.63, 3.8) is 0 Å². The van der Waals surface area contributed by atoms with E-state index in [0.717, 1.165) is 36.0 Å². The van der Waals surface area contributed by atoms with Crippen LogP contribution in [0.15, 0.2) is 49.1 Å². The second kappa shape index (κ2) is 8.49. The Kier molecular flexibility index (Phi) is 6.36. The van der Waals surface area contributed by atoms with Crippen LogP contribution in [0, 0.1) is 6.92 Å². The fraction of sp³-hybridized carbons (Fsp3) is 0.318. The lowest BCUT2D eigenvalue weighted by Gasteiger charge is -2.15. The number of esters is 1. The second-order valence-corrected chi connectivity index (χ2v) is 6.07. The van der Waals surface area contributed by atoms with Gasteiger partial charge in [0.15, 0.2) is 0 Å². The van der Waals surface area contributed by atoms with Crippen LogP contribution in [0.1, 0.15) is 42.5 Å². The lowest BCUT2D eigenvalue weighted by Crippen LogP contribution is -2.03. The molecule has 0 aromatic heterocycles. The standard InChI is InChI=1S/C22H26O2/c1-5-8-17-10-12-20(18(6-2)14-17)21-11-9-16(4)13-19(21)15-24-22(23)7-3/h7,9-14H,3,5-6,8,15H2,1-2,4H3. The van der Waals surface area contributed by atoms with Gasteiger partial charge in [-0.1, -0.05) is 68.8 Å². The number of hydrogen-bond donors (Lipinski definition) is 0. The zero-order valence-electron chi connectivity index (χ0n) is 14.9. The fourth-order valence-corrected chi connectivity index (χ4v) is 2.96. The minimum atomic E-state index is -0.392. The Balaban J connectivity index is 2.43. The highest BCUT2D eigenvalue weighted by molar-refractivity contribution is 5.81. The molecule has 0 bridgehead atoms. The first kappa shape index (κ1) is 18.0. The van der Waals surface area contributed by atoms with Gasteiger partial charge in [-0.3, -0.25) is 0 Å². The average molecular weight is 322 g/mol. The Morgan fingerprint density at radius 2 is 1.79 bits per heavy atom. The Morgan fingerprint density at radius 1 is 1.08 bits per heavy atom. The van der Waals surface area contributed by atoms with E-state index in [1.807, 2.05) is 6.92 Å². The molecule has 0 aliphatic carbocycles. The van der Waals surface area contributed by atoms with E-state index in [4.69, 9.17) is 4.74 Å². The van der Waals surface area contributed by atoms with Crippen molar-refractivity contribution >= 4 is 5.97 Å². The van der Waals surface area contributed by atoms with Crippen LogP contribution < -0.4 is 0 Å². The summed E-state index contributed by atoms with van der Waals surface area (Å²) in [5, 5.41) is 0. The number of ether oxygens (including phenoxy) is 1. The maximum absolute atomic E-state index is 11.4. The summed E-state index contributed by atoms with van der Waals surface area (Å²) >= 11 is 0. The van der Waals surface area contributed by atoms with E-state index < -0.39 is 5.97 Å². The van der Waals surface area contributed by atoms with Gasteiger partial charge in [-0.15, -0.1) is 0 Å². The third kappa shape index (κ3) is 4.35. The molecule has 0 radical (unpaired) electrons. The van der Waals surface area contributed by atoms with E-state index in [9.17, 15) is 4.79 Å². The molecular formula is C22H26O2. The Hall–Kier alpha value is -2.35. The first-order chi connectivity index (χ1) is 11.6. The summed E-state index contributed by atoms with van der Waals surface area (Å²) in [4.78, 5) is 11.4. The van der Waals surface area contributed by atoms with Crippen molar-refractivity contribution in [2.45, 2.75) is 46.6 Å². The molecule has 2 rings (SSSR count). The summed E-state index contributed by atoms with van der Waals surface area (Å²) in [6.45, 7) is 10.1. The number of rotatable bonds is 7. The van der Waals surface area contributed by atoms with E-state index in [0.29, 0.717) is 0 Å². The van der Waals surface area contributed by atoms with Crippen molar-refractivity contribution in [1.29, 1.82) is 0 Å². The lowest BCUT2D eigenvalue weighted by molar-refractivity contribution is -0.138. The largest absolute Gasteiger partial charge is 0.458 e. The highest BCUT2D eigenvalue weighted by atomic mass is 16.5. The molecule has 2 nitrogen and oxygen atoms in total. The fourth-order valence-electron chi connectivity index (χ4n) is 2.96. The molecule has 0 aliphatic rings. The number of hydrogen-bond acceptors (Lipinski definition) is 2. The van der Waals surface area contributed by atoms with E-state index in [1.54, 1.807) is 0 Å². The molecule has 0 saturated heterocycles. The quantitative estimate of drug-likeness (QED) is 0.503. The van der Waals surface area contributed by atoms with Gasteiger partial charge in [0.25, 0.3) is 0 Å². The molecule has 2 heteroatoms. The predicted octanol–water partition coefficient (Wildman–Crippen LogP) is 5.41. The van der Waals surface area contributed by atoms with Crippen LogP contribution in [0.25, 0.3) is 11.1 Å². The van der Waals surface area contributed by atoms with Gasteiger partial charge in [-0.25, -0.2) is 4.79 Å². The van der Waals surface area contributed by atoms with Crippen LogP contribution in [0.4, 0.5) is 0 Å². The third-order valence-electron chi connectivity index (χ3n) is 4.18. The van der Waals surface area contributed by atoms with Gasteiger partial charge in [0, 0.05) is 6.08 Å². The van der Waals surface area contributed by atoms with Crippen molar-refractivity contribution in [1.82, 2.24) is 0 Å². The molecule has 0 unspecified atom stereocenters. The maximum Gasteiger partial charge on any atom is 0.330 e. The number of aryl methyl sites for hydroxylation is 3. The molecular weight excluding hydrogens is 296 g/mol. The van der Waals surface area contributed by atoms with Crippen LogP contribution in [-0.4, -0.2) is 5.97 Å². The van der Waals surface area contributed by atoms with Gasteiger partial charge in [-0.05, 0) is 47.6 Å². The minimum Gasteiger partial charge on any atom is -0.458 e. The van der Waals surface area contributed by atoms with E-state index >= 15 is 0 Å². The molecule has 0 fully saturated rings. The van der Waals surface area contributed by atoms with Gasteiger partial charge >= 0.3 is 5.97 Å². The lowest BCUT2D eigenvalue weighted by atomic mass is 9.91. The number of benzene rings is 2. The minimum absolute atomic E-state index is 0.266. The zero-order chi connectivity index (χ0) is 17.5. The molecule has 2 aromatic carbocycles. The Morgan fingerprint density at radius 3 is 2.46 bits per heavy atom. The van der Waals surface area contributed by atoms with Crippen LogP contribution in [-0.2, 0) is 29.0 Å². The van der Waals surface area contributed by atoms with Gasteiger partial charge in [-0.2, -0.15) is 0 Å². The van der Waals surface area contributed by atoms with E-state index in [-0.39, 0.29) is 6.61 Å². The van der Waals surface area contributed by atoms with Crippen LogP contribution in [0.3, 0.4) is 0 Å². The first-order valence-corrected chi connectivity index (χ1v) is 8.59. The molecule has 0 N–H and O–H groups in total. The maximum atomic E-state index is 11.4. The SMILES string of the molecule is C=CC(=O)OCc1cc(C)ccc1-c1ccc(CCC)cc1CC.